The Morgan fingerprint density at radius 2 is 2.33 bits per heavy atom. The van der Waals surface area contributed by atoms with E-state index in [1.54, 1.807) is 12.1 Å². The van der Waals surface area contributed by atoms with Gasteiger partial charge in [0.2, 0.25) is 0 Å². The fourth-order valence-electron chi connectivity index (χ4n) is 2.20. The Bertz CT molecular complexity index is 389. The quantitative estimate of drug-likeness (QED) is 0.596. The number of hydrogen-bond donors (Lipinski definition) is 1. The number of aryl methyl sites for hydroxylation is 1. The molecule has 1 aliphatic rings. The number of aliphatic hydroxyl groups is 1. The van der Waals surface area contributed by atoms with E-state index in [2.05, 4.69) is 0 Å². The highest BCUT2D eigenvalue weighted by molar-refractivity contribution is 5.42. The number of hydrogen-bond acceptors (Lipinski definition) is 3. The van der Waals surface area contributed by atoms with Crippen LogP contribution in [0.4, 0.5) is 5.69 Å². The molecule has 0 fully saturated rings. The Hall–Kier alpha value is -1.42. The third-order valence-electron chi connectivity index (χ3n) is 3.00. The number of fused-ring (bicyclic) bond motifs is 1. The molecule has 1 aliphatic carbocycles. The van der Waals surface area contributed by atoms with Crippen molar-refractivity contribution >= 4 is 5.69 Å². The molecule has 1 N–H and O–H groups in total. The Labute approximate surface area is 87.7 Å². The van der Waals surface area contributed by atoms with Gasteiger partial charge in [0.1, 0.15) is 0 Å². The molecule has 0 bridgehead atoms. The van der Waals surface area contributed by atoms with Crippen molar-refractivity contribution in [3.05, 3.63) is 39.4 Å². The molecule has 4 nitrogen and oxygen atoms in total. The van der Waals surface area contributed by atoms with Gasteiger partial charge in [0.05, 0.1) is 4.92 Å². The van der Waals surface area contributed by atoms with Crippen molar-refractivity contribution in [2.45, 2.75) is 25.2 Å². The van der Waals surface area contributed by atoms with Crippen LogP contribution >= 0.6 is 0 Å². The molecular weight excluding hydrogens is 194 g/mol. The molecule has 0 saturated heterocycles. The first-order chi connectivity index (χ1) is 7.22. The van der Waals surface area contributed by atoms with Gasteiger partial charge in [-0.15, -0.1) is 0 Å². The Morgan fingerprint density at radius 1 is 1.53 bits per heavy atom. The van der Waals surface area contributed by atoms with Crippen LogP contribution < -0.4 is 0 Å². The Kier molecular flexibility index (Phi) is 2.68. The highest BCUT2D eigenvalue weighted by atomic mass is 16.6. The van der Waals surface area contributed by atoms with Gasteiger partial charge in [-0.25, -0.2) is 0 Å². The molecular formula is C11H13NO3. The number of non-ortho nitro benzene ring substituents is 1. The van der Waals surface area contributed by atoms with Crippen molar-refractivity contribution in [1.29, 1.82) is 0 Å². The molecule has 1 aromatic rings. The smallest absolute Gasteiger partial charge is 0.269 e. The predicted octanol–water partition coefficient (Wildman–Crippen LogP) is 2.01. The maximum atomic E-state index is 10.6. The summed E-state index contributed by atoms with van der Waals surface area (Å²) >= 11 is 0. The van der Waals surface area contributed by atoms with E-state index >= 15 is 0 Å². The van der Waals surface area contributed by atoms with Gasteiger partial charge >= 0.3 is 0 Å². The minimum Gasteiger partial charge on any atom is -0.396 e. The lowest BCUT2D eigenvalue weighted by Gasteiger charge is -2.23. The molecule has 0 radical (unpaired) electrons. The molecule has 0 amide bonds. The first kappa shape index (κ1) is 10.1. The fraction of sp³-hybridized carbons (Fsp3) is 0.455. The summed E-state index contributed by atoms with van der Waals surface area (Å²) in [4.78, 5) is 10.2. The zero-order chi connectivity index (χ0) is 10.8. The second kappa shape index (κ2) is 3.98. The summed E-state index contributed by atoms with van der Waals surface area (Å²) < 4.78 is 0. The monoisotopic (exact) mass is 207 g/mol. The summed E-state index contributed by atoms with van der Waals surface area (Å²) in [5, 5.41) is 19.8. The van der Waals surface area contributed by atoms with Crippen molar-refractivity contribution < 1.29 is 10.0 Å². The number of benzene rings is 1. The lowest BCUT2D eigenvalue weighted by atomic mass is 9.83. The van der Waals surface area contributed by atoms with Crippen molar-refractivity contribution in [2.24, 2.45) is 0 Å². The first-order valence-electron chi connectivity index (χ1n) is 5.10. The summed E-state index contributed by atoms with van der Waals surface area (Å²) in [6.45, 7) is 0.130. The van der Waals surface area contributed by atoms with Gasteiger partial charge < -0.3 is 5.11 Å². The van der Waals surface area contributed by atoms with Crippen LogP contribution in [0, 0.1) is 10.1 Å². The first-order valence-corrected chi connectivity index (χ1v) is 5.10. The lowest BCUT2D eigenvalue weighted by molar-refractivity contribution is -0.384. The molecule has 0 saturated carbocycles. The van der Waals surface area contributed by atoms with Gasteiger partial charge in [0.15, 0.2) is 0 Å². The van der Waals surface area contributed by atoms with Crippen LogP contribution in [-0.4, -0.2) is 16.6 Å². The van der Waals surface area contributed by atoms with Crippen LogP contribution in [0.1, 0.15) is 29.9 Å². The minimum atomic E-state index is -0.372. The van der Waals surface area contributed by atoms with Gasteiger partial charge in [-0.1, -0.05) is 6.07 Å². The van der Waals surface area contributed by atoms with Crippen LogP contribution in [-0.2, 0) is 6.42 Å². The van der Waals surface area contributed by atoms with E-state index in [0.717, 1.165) is 30.4 Å². The van der Waals surface area contributed by atoms with Crippen LogP contribution in [0.3, 0.4) is 0 Å². The minimum absolute atomic E-state index is 0.130. The van der Waals surface area contributed by atoms with Gasteiger partial charge in [-0.05, 0) is 30.4 Å². The number of nitro groups is 1. The summed E-state index contributed by atoms with van der Waals surface area (Å²) in [6, 6.07) is 4.94. The number of nitrogens with zero attached hydrogens (tertiary/aromatic N) is 1. The molecule has 1 aromatic carbocycles. The van der Waals surface area contributed by atoms with Gasteiger partial charge in [-0.3, -0.25) is 10.1 Å². The van der Waals surface area contributed by atoms with E-state index in [4.69, 9.17) is 0 Å². The maximum absolute atomic E-state index is 10.6. The van der Waals surface area contributed by atoms with Crippen molar-refractivity contribution in [3.63, 3.8) is 0 Å². The van der Waals surface area contributed by atoms with E-state index in [0.29, 0.717) is 0 Å². The van der Waals surface area contributed by atoms with E-state index < -0.39 is 0 Å². The van der Waals surface area contributed by atoms with Crippen molar-refractivity contribution in [2.75, 3.05) is 6.61 Å². The SMILES string of the molecule is O=[N+]([O-])c1ccc2c(c1)CCCC2CO. The molecule has 0 aromatic heterocycles. The van der Waals surface area contributed by atoms with Gasteiger partial charge in [-0.2, -0.15) is 0 Å². The molecule has 0 heterocycles. The molecule has 2 rings (SSSR count). The van der Waals surface area contributed by atoms with Crippen LogP contribution in [0.25, 0.3) is 0 Å². The molecule has 15 heavy (non-hydrogen) atoms. The van der Waals surface area contributed by atoms with E-state index in [9.17, 15) is 15.2 Å². The average molecular weight is 207 g/mol. The molecule has 4 heteroatoms. The van der Waals surface area contributed by atoms with Crippen molar-refractivity contribution in [3.8, 4) is 0 Å². The summed E-state index contributed by atoms with van der Waals surface area (Å²) in [5.74, 6) is 0.162. The standard InChI is InChI=1S/C11H13NO3/c13-7-9-3-1-2-8-6-10(12(14)15)4-5-11(8)9/h4-6,9,13H,1-3,7H2. The van der Waals surface area contributed by atoms with Crippen LogP contribution in [0.2, 0.25) is 0 Å². The van der Waals surface area contributed by atoms with Crippen LogP contribution in [0.5, 0.6) is 0 Å². The second-order valence-corrected chi connectivity index (χ2v) is 3.91. The lowest BCUT2D eigenvalue weighted by Crippen LogP contribution is -2.13. The highest BCUT2D eigenvalue weighted by Crippen LogP contribution is 2.33. The Morgan fingerprint density at radius 3 is 3.00 bits per heavy atom. The summed E-state index contributed by atoms with van der Waals surface area (Å²) in [7, 11) is 0. The maximum Gasteiger partial charge on any atom is 0.269 e. The molecule has 0 spiro atoms. The van der Waals surface area contributed by atoms with Crippen molar-refractivity contribution in [1.82, 2.24) is 0 Å². The van der Waals surface area contributed by atoms with Gasteiger partial charge in [0.25, 0.3) is 5.69 Å². The van der Waals surface area contributed by atoms with Gasteiger partial charge in [0, 0.05) is 24.7 Å². The predicted molar refractivity (Wildman–Crippen MR) is 55.9 cm³/mol. The molecule has 1 atom stereocenters. The fourth-order valence-corrected chi connectivity index (χ4v) is 2.20. The zero-order valence-electron chi connectivity index (χ0n) is 8.35. The molecule has 0 aliphatic heterocycles. The number of aliphatic hydroxyl groups excluding tert-OH is 1. The highest BCUT2D eigenvalue weighted by Gasteiger charge is 2.21. The third-order valence-corrected chi connectivity index (χ3v) is 3.00. The summed E-state index contributed by atoms with van der Waals surface area (Å²) in [6.07, 6.45) is 2.86. The van der Waals surface area contributed by atoms with E-state index in [1.807, 2.05) is 0 Å². The summed E-state index contributed by atoms with van der Waals surface area (Å²) in [5.41, 5.74) is 2.25. The molecule has 80 valence electrons. The second-order valence-electron chi connectivity index (χ2n) is 3.91. The normalized spacial score (nSPS) is 19.7. The average Bonchev–Trinajstić information content (AvgIpc) is 2.27. The van der Waals surface area contributed by atoms with E-state index in [-0.39, 0.29) is 23.1 Å². The number of rotatable bonds is 2. The zero-order valence-corrected chi connectivity index (χ0v) is 8.35. The Balaban J connectivity index is 2.40. The third kappa shape index (κ3) is 1.85. The topological polar surface area (TPSA) is 63.4 Å². The number of nitro benzene ring substituents is 1. The largest absolute Gasteiger partial charge is 0.396 e. The molecule has 1 unspecified atom stereocenters. The van der Waals surface area contributed by atoms with E-state index in [1.165, 1.54) is 6.07 Å². The van der Waals surface area contributed by atoms with Crippen LogP contribution in [0.15, 0.2) is 18.2 Å².